The smallest absolute Gasteiger partial charge is 0.307 e. The second-order valence-electron chi connectivity index (χ2n) is 2.80. The number of nitrogens with two attached hydrogens (primary N) is 1. The molecule has 1 heterocycles. The zero-order valence-electron chi connectivity index (χ0n) is 7.44. The molecule has 5 nitrogen and oxygen atoms in total. The van der Waals surface area contributed by atoms with Crippen molar-refractivity contribution >= 4 is 11.7 Å². The number of aromatic hydroxyl groups is 1. The van der Waals surface area contributed by atoms with Gasteiger partial charge in [0.2, 0.25) is 0 Å². The Morgan fingerprint density at radius 2 is 2.20 bits per heavy atom. The Morgan fingerprint density at radius 3 is 2.67 bits per heavy atom. The van der Waals surface area contributed by atoms with Gasteiger partial charge >= 0.3 is 5.97 Å². The van der Waals surface area contributed by atoms with E-state index in [1.807, 2.05) is 0 Å². The van der Waals surface area contributed by atoms with Crippen LogP contribution in [0.1, 0.15) is 17.7 Å². The average Bonchev–Trinajstić information content (AvgIpc) is 2.12. The van der Waals surface area contributed by atoms with Crippen molar-refractivity contribution in [3.63, 3.8) is 0 Å². The topological polar surface area (TPSA) is 96.4 Å². The van der Waals surface area contributed by atoms with E-state index in [1.54, 1.807) is 0 Å². The minimum atomic E-state index is -2.95. The van der Waals surface area contributed by atoms with E-state index in [1.165, 1.54) is 0 Å². The minimum Gasteiger partial charge on any atom is -0.504 e. The predicted molar refractivity (Wildman–Crippen MR) is 46.6 cm³/mol. The Hall–Kier alpha value is -1.92. The van der Waals surface area contributed by atoms with Crippen LogP contribution >= 0.6 is 0 Å². The van der Waals surface area contributed by atoms with Crippen LogP contribution in [-0.2, 0) is 11.2 Å². The van der Waals surface area contributed by atoms with Crippen LogP contribution in [0.4, 0.5) is 14.5 Å². The van der Waals surface area contributed by atoms with Crippen molar-refractivity contribution in [3.8, 4) is 5.75 Å². The number of hydrogen-bond donors (Lipinski definition) is 3. The molecule has 0 spiro atoms. The van der Waals surface area contributed by atoms with Gasteiger partial charge in [-0.15, -0.1) is 0 Å². The molecule has 0 saturated heterocycles. The number of hydrogen-bond acceptors (Lipinski definition) is 4. The molecular weight excluding hydrogens is 210 g/mol. The van der Waals surface area contributed by atoms with Gasteiger partial charge < -0.3 is 15.9 Å². The summed E-state index contributed by atoms with van der Waals surface area (Å²) in [6.07, 6.45) is -2.51. The number of pyridine rings is 1. The van der Waals surface area contributed by atoms with Crippen molar-refractivity contribution in [2.24, 2.45) is 0 Å². The molecule has 0 aliphatic rings. The average molecular weight is 218 g/mol. The number of aromatic nitrogens is 1. The molecule has 0 unspecified atom stereocenters. The molecule has 1 aromatic heterocycles. The molecule has 1 aromatic rings. The highest BCUT2D eigenvalue weighted by Crippen LogP contribution is 2.32. The van der Waals surface area contributed by atoms with E-state index in [4.69, 9.17) is 10.8 Å². The van der Waals surface area contributed by atoms with Crippen LogP contribution < -0.4 is 5.73 Å². The molecule has 0 bridgehead atoms. The number of halogens is 2. The van der Waals surface area contributed by atoms with Crippen molar-refractivity contribution in [2.75, 3.05) is 5.73 Å². The fourth-order valence-corrected chi connectivity index (χ4v) is 1.03. The molecule has 7 heteroatoms. The predicted octanol–water partition coefficient (Wildman–Crippen LogP) is 0.934. The maximum absolute atomic E-state index is 12.2. The minimum absolute atomic E-state index is 0.00407. The van der Waals surface area contributed by atoms with Crippen LogP contribution in [-0.4, -0.2) is 21.2 Å². The first-order valence-corrected chi connectivity index (χ1v) is 3.89. The highest BCUT2D eigenvalue weighted by atomic mass is 19.3. The number of anilines is 1. The number of aliphatic carboxylic acids is 1. The van der Waals surface area contributed by atoms with Gasteiger partial charge in [0, 0.05) is 11.8 Å². The highest BCUT2D eigenvalue weighted by Gasteiger charge is 2.19. The zero-order valence-corrected chi connectivity index (χ0v) is 7.44. The van der Waals surface area contributed by atoms with Gasteiger partial charge in [0.1, 0.15) is 5.69 Å². The van der Waals surface area contributed by atoms with Crippen molar-refractivity contribution < 1.29 is 23.8 Å². The number of carboxylic acid groups (broad SMARTS) is 1. The van der Waals surface area contributed by atoms with Crippen molar-refractivity contribution in [1.29, 1.82) is 0 Å². The monoisotopic (exact) mass is 218 g/mol. The second kappa shape index (κ2) is 4.07. The van der Waals surface area contributed by atoms with Gasteiger partial charge in [-0.2, -0.15) is 0 Å². The van der Waals surface area contributed by atoms with E-state index >= 15 is 0 Å². The van der Waals surface area contributed by atoms with Gasteiger partial charge in [-0.25, -0.2) is 8.78 Å². The van der Waals surface area contributed by atoms with Crippen LogP contribution in [0, 0.1) is 0 Å². The molecule has 1 rings (SSSR count). The lowest BCUT2D eigenvalue weighted by Gasteiger charge is -2.08. The molecule has 4 N–H and O–H groups in total. The van der Waals surface area contributed by atoms with Gasteiger partial charge in [0.25, 0.3) is 6.43 Å². The Kier molecular flexibility index (Phi) is 3.03. The Morgan fingerprint density at radius 1 is 1.60 bits per heavy atom. The lowest BCUT2D eigenvalue weighted by molar-refractivity contribution is -0.136. The summed E-state index contributed by atoms with van der Waals surface area (Å²) >= 11 is 0. The summed E-state index contributed by atoms with van der Waals surface area (Å²) in [6.45, 7) is 0. The first kappa shape index (κ1) is 11.2. The Balaban J connectivity index is 3.15. The Labute approximate surface area is 83.2 Å². The molecule has 0 atom stereocenters. The van der Waals surface area contributed by atoms with Crippen LogP contribution in [0.25, 0.3) is 0 Å². The summed E-state index contributed by atoms with van der Waals surface area (Å²) in [5, 5.41) is 17.6. The largest absolute Gasteiger partial charge is 0.504 e. The molecule has 15 heavy (non-hydrogen) atoms. The Bertz CT molecular complexity index is 396. The molecular formula is C8H8F2N2O3. The molecule has 0 radical (unpaired) electrons. The van der Waals surface area contributed by atoms with Gasteiger partial charge in [0.05, 0.1) is 12.1 Å². The second-order valence-corrected chi connectivity index (χ2v) is 2.80. The maximum Gasteiger partial charge on any atom is 0.307 e. The number of nitrogen functional groups attached to an aromatic ring is 1. The first-order valence-electron chi connectivity index (χ1n) is 3.89. The third-order valence-electron chi connectivity index (χ3n) is 1.75. The van der Waals surface area contributed by atoms with E-state index in [0.29, 0.717) is 0 Å². The van der Waals surface area contributed by atoms with E-state index < -0.39 is 30.3 Å². The fourth-order valence-electron chi connectivity index (χ4n) is 1.03. The standard InChI is InChI=1S/C8H8F2N2O3/c9-8(10)6-7(15)5(11)3(2-12-6)1-4(13)14/h2,8,15H,1H2,(H2,11,12)(H,13,14). The van der Waals surface area contributed by atoms with Gasteiger partial charge in [-0.05, 0) is 0 Å². The van der Waals surface area contributed by atoms with E-state index in [0.717, 1.165) is 6.20 Å². The van der Waals surface area contributed by atoms with Crippen LogP contribution in [0.2, 0.25) is 0 Å². The van der Waals surface area contributed by atoms with Gasteiger partial charge in [-0.3, -0.25) is 9.78 Å². The quantitative estimate of drug-likeness (QED) is 0.701. The summed E-state index contributed by atoms with van der Waals surface area (Å²) < 4.78 is 24.4. The molecule has 0 aliphatic heterocycles. The lowest BCUT2D eigenvalue weighted by atomic mass is 10.1. The molecule has 0 aliphatic carbocycles. The third kappa shape index (κ3) is 2.30. The number of nitrogens with zero attached hydrogens (tertiary/aromatic N) is 1. The molecule has 82 valence electrons. The number of carboxylic acids is 1. The zero-order chi connectivity index (χ0) is 11.6. The first-order chi connectivity index (χ1) is 6.93. The fraction of sp³-hybridized carbons (Fsp3) is 0.250. The summed E-state index contributed by atoms with van der Waals surface area (Å²) in [4.78, 5) is 13.6. The molecule has 0 amide bonds. The van der Waals surface area contributed by atoms with Crippen molar-refractivity contribution in [1.82, 2.24) is 4.98 Å². The summed E-state index contributed by atoms with van der Waals surface area (Å²) in [5.74, 6) is -2.04. The normalized spacial score (nSPS) is 10.6. The summed E-state index contributed by atoms with van der Waals surface area (Å²) in [6, 6.07) is 0. The van der Waals surface area contributed by atoms with Crippen LogP contribution in [0.5, 0.6) is 5.75 Å². The van der Waals surface area contributed by atoms with Crippen molar-refractivity contribution in [2.45, 2.75) is 12.8 Å². The van der Waals surface area contributed by atoms with Crippen LogP contribution in [0.15, 0.2) is 6.20 Å². The van der Waals surface area contributed by atoms with Gasteiger partial charge in [-0.1, -0.05) is 0 Å². The van der Waals surface area contributed by atoms with E-state index in [2.05, 4.69) is 4.98 Å². The highest BCUT2D eigenvalue weighted by molar-refractivity contribution is 5.74. The number of alkyl halides is 2. The van der Waals surface area contributed by atoms with Crippen LogP contribution in [0.3, 0.4) is 0 Å². The number of carbonyl (C=O) groups is 1. The third-order valence-corrected chi connectivity index (χ3v) is 1.75. The number of rotatable bonds is 3. The van der Waals surface area contributed by atoms with E-state index in [-0.39, 0.29) is 11.3 Å². The maximum atomic E-state index is 12.2. The van der Waals surface area contributed by atoms with Gasteiger partial charge in [0.15, 0.2) is 5.75 Å². The molecule has 0 aromatic carbocycles. The lowest BCUT2D eigenvalue weighted by Crippen LogP contribution is -2.06. The summed E-state index contributed by atoms with van der Waals surface area (Å²) in [7, 11) is 0. The molecule has 0 saturated carbocycles. The van der Waals surface area contributed by atoms with Crippen molar-refractivity contribution in [3.05, 3.63) is 17.5 Å². The SMILES string of the molecule is Nc1c(CC(=O)O)cnc(C(F)F)c1O. The summed E-state index contributed by atoms with van der Waals surface area (Å²) in [5.41, 5.74) is 4.07. The van der Waals surface area contributed by atoms with E-state index in [9.17, 15) is 18.7 Å². The molecule has 0 fully saturated rings.